The van der Waals surface area contributed by atoms with Crippen LogP contribution in [0.4, 0.5) is 15.8 Å². The second-order valence-electron chi connectivity index (χ2n) is 7.09. The number of benzene rings is 1. The molecule has 5 nitrogen and oxygen atoms in total. The molecule has 0 spiro atoms. The summed E-state index contributed by atoms with van der Waals surface area (Å²) < 4.78 is 19.3. The van der Waals surface area contributed by atoms with E-state index in [4.69, 9.17) is 10.5 Å². The zero-order chi connectivity index (χ0) is 17.2. The van der Waals surface area contributed by atoms with E-state index < -0.39 is 5.54 Å². The number of anilines is 2. The molecule has 2 fully saturated rings. The van der Waals surface area contributed by atoms with Gasteiger partial charge in [0.05, 0.1) is 19.1 Å². The van der Waals surface area contributed by atoms with E-state index in [0.717, 1.165) is 44.5 Å². The van der Waals surface area contributed by atoms with Crippen molar-refractivity contribution >= 4 is 17.3 Å². The molecule has 3 rings (SSSR count). The average molecular weight is 335 g/mol. The SMILES string of the molecule is CC1(N)CCCCC1C(=O)Nc1cc(F)cc(N2CCOCC2)c1. The third kappa shape index (κ3) is 3.87. The quantitative estimate of drug-likeness (QED) is 0.891. The van der Waals surface area contributed by atoms with Crippen molar-refractivity contribution in [2.24, 2.45) is 11.7 Å². The number of hydrogen-bond donors (Lipinski definition) is 2. The summed E-state index contributed by atoms with van der Waals surface area (Å²) in [7, 11) is 0. The van der Waals surface area contributed by atoms with Crippen molar-refractivity contribution in [2.45, 2.75) is 38.1 Å². The van der Waals surface area contributed by atoms with E-state index >= 15 is 0 Å². The molecule has 3 N–H and O–H groups in total. The Morgan fingerprint density at radius 2 is 2.08 bits per heavy atom. The molecule has 2 aliphatic rings. The van der Waals surface area contributed by atoms with Crippen LogP contribution in [-0.2, 0) is 9.53 Å². The van der Waals surface area contributed by atoms with E-state index in [2.05, 4.69) is 10.2 Å². The molecule has 24 heavy (non-hydrogen) atoms. The average Bonchev–Trinajstić information content (AvgIpc) is 2.54. The van der Waals surface area contributed by atoms with E-state index in [9.17, 15) is 9.18 Å². The van der Waals surface area contributed by atoms with Crippen LogP contribution in [0.1, 0.15) is 32.6 Å². The van der Waals surface area contributed by atoms with Crippen LogP contribution in [0.15, 0.2) is 18.2 Å². The zero-order valence-corrected chi connectivity index (χ0v) is 14.2. The standard InChI is InChI=1S/C18H26FN3O2/c1-18(20)5-3-2-4-16(18)17(23)21-14-10-13(19)11-15(12-14)22-6-8-24-9-7-22/h10-12,16H,2-9,20H2,1H3,(H,21,23). The fourth-order valence-corrected chi connectivity index (χ4v) is 3.67. The largest absolute Gasteiger partial charge is 0.378 e. The van der Waals surface area contributed by atoms with Gasteiger partial charge >= 0.3 is 0 Å². The van der Waals surface area contributed by atoms with Crippen LogP contribution in [0.2, 0.25) is 0 Å². The summed E-state index contributed by atoms with van der Waals surface area (Å²) in [6.07, 6.45) is 3.68. The van der Waals surface area contributed by atoms with Crippen LogP contribution < -0.4 is 16.0 Å². The summed E-state index contributed by atoms with van der Waals surface area (Å²) in [6, 6.07) is 4.68. The predicted octanol–water partition coefficient (Wildman–Crippen LogP) is 2.51. The molecule has 0 aromatic heterocycles. The maximum Gasteiger partial charge on any atom is 0.229 e. The first-order valence-corrected chi connectivity index (χ1v) is 8.69. The number of nitrogens with two attached hydrogens (primary N) is 1. The van der Waals surface area contributed by atoms with Crippen molar-refractivity contribution in [3.05, 3.63) is 24.0 Å². The molecule has 0 radical (unpaired) electrons. The minimum Gasteiger partial charge on any atom is -0.378 e. The first-order chi connectivity index (χ1) is 11.5. The topological polar surface area (TPSA) is 67.6 Å². The lowest BCUT2D eigenvalue weighted by Crippen LogP contribution is -2.51. The summed E-state index contributed by atoms with van der Waals surface area (Å²) in [5, 5.41) is 2.87. The molecule has 6 heteroatoms. The van der Waals surface area contributed by atoms with Crippen LogP contribution in [0.3, 0.4) is 0 Å². The number of nitrogens with zero attached hydrogens (tertiary/aromatic N) is 1. The summed E-state index contributed by atoms with van der Waals surface area (Å²) in [5.41, 5.74) is 7.06. The highest BCUT2D eigenvalue weighted by Gasteiger charge is 2.37. The van der Waals surface area contributed by atoms with Gasteiger partial charge in [-0.25, -0.2) is 4.39 Å². The molecule has 1 aromatic rings. The third-order valence-electron chi connectivity index (χ3n) is 5.10. The Morgan fingerprint density at radius 1 is 1.33 bits per heavy atom. The Bertz CT molecular complexity index is 600. The molecule has 1 saturated carbocycles. The molecule has 1 saturated heterocycles. The van der Waals surface area contributed by atoms with Gasteiger partial charge in [0.1, 0.15) is 5.82 Å². The summed E-state index contributed by atoms with van der Waals surface area (Å²) in [4.78, 5) is 14.7. The van der Waals surface area contributed by atoms with Crippen LogP contribution in [0.25, 0.3) is 0 Å². The molecule has 132 valence electrons. The fraction of sp³-hybridized carbons (Fsp3) is 0.611. The van der Waals surface area contributed by atoms with Crippen LogP contribution in [0, 0.1) is 11.7 Å². The Hall–Kier alpha value is -1.66. The summed E-state index contributed by atoms with van der Waals surface area (Å²) >= 11 is 0. The van der Waals surface area contributed by atoms with Gasteiger partial charge in [0, 0.05) is 30.0 Å². The van der Waals surface area contributed by atoms with Gasteiger partial charge in [0.25, 0.3) is 0 Å². The Morgan fingerprint density at radius 3 is 2.79 bits per heavy atom. The molecule has 0 bridgehead atoms. The maximum atomic E-state index is 14.0. The van der Waals surface area contributed by atoms with Crippen LogP contribution in [-0.4, -0.2) is 37.7 Å². The lowest BCUT2D eigenvalue weighted by atomic mass is 9.74. The maximum absolute atomic E-state index is 14.0. The number of ether oxygens (including phenoxy) is 1. The van der Waals surface area contributed by atoms with Gasteiger partial charge in [-0.05, 0) is 38.0 Å². The third-order valence-corrected chi connectivity index (χ3v) is 5.10. The van der Waals surface area contributed by atoms with Gasteiger partial charge in [-0.15, -0.1) is 0 Å². The monoisotopic (exact) mass is 335 g/mol. The number of carbonyl (C=O) groups is 1. The van der Waals surface area contributed by atoms with E-state index in [1.807, 2.05) is 13.0 Å². The van der Waals surface area contributed by atoms with Gasteiger partial charge in [0.15, 0.2) is 0 Å². The predicted molar refractivity (Wildman–Crippen MR) is 92.6 cm³/mol. The van der Waals surface area contributed by atoms with E-state index in [1.54, 1.807) is 0 Å². The van der Waals surface area contributed by atoms with Gasteiger partial charge in [-0.1, -0.05) is 12.8 Å². The Labute approximate surface area is 142 Å². The normalized spacial score (nSPS) is 27.8. The first kappa shape index (κ1) is 17.2. The molecule has 2 unspecified atom stereocenters. The minimum absolute atomic E-state index is 0.113. The summed E-state index contributed by atoms with van der Waals surface area (Å²) in [5.74, 6) is -0.701. The number of morpholine rings is 1. The van der Waals surface area contributed by atoms with Crippen molar-refractivity contribution in [2.75, 3.05) is 36.5 Å². The van der Waals surface area contributed by atoms with Gasteiger partial charge < -0.3 is 20.7 Å². The highest BCUT2D eigenvalue weighted by Crippen LogP contribution is 2.33. The second-order valence-corrected chi connectivity index (χ2v) is 7.09. The fourth-order valence-electron chi connectivity index (χ4n) is 3.67. The smallest absolute Gasteiger partial charge is 0.229 e. The van der Waals surface area contributed by atoms with E-state index in [1.165, 1.54) is 12.1 Å². The van der Waals surface area contributed by atoms with Crippen LogP contribution in [0.5, 0.6) is 0 Å². The van der Waals surface area contributed by atoms with Gasteiger partial charge in [-0.2, -0.15) is 0 Å². The molecule has 1 aliphatic heterocycles. The number of amides is 1. The second kappa shape index (κ2) is 7.07. The number of halogens is 1. The zero-order valence-electron chi connectivity index (χ0n) is 14.2. The van der Waals surface area contributed by atoms with Crippen molar-refractivity contribution in [1.82, 2.24) is 0 Å². The molecule has 1 amide bonds. The van der Waals surface area contributed by atoms with E-state index in [0.29, 0.717) is 18.9 Å². The Kier molecular flexibility index (Phi) is 5.06. The number of carbonyl (C=O) groups excluding carboxylic acids is 1. The lowest BCUT2D eigenvalue weighted by molar-refractivity contribution is -0.122. The molecule has 1 aromatic carbocycles. The van der Waals surface area contributed by atoms with Crippen molar-refractivity contribution in [3.8, 4) is 0 Å². The number of nitrogens with one attached hydrogen (secondary N) is 1. The van der Waals surface area contributed by atoms with Crippen molar-refractivity contribution in [3.63, 3.8) is 0 Å². The van der Waals surface area contributed by atoms with Crippen molar-refractivity contribution < 1.29 is 13.9 Å². The highest BCUT2D eigenvalue weighted by molar-refractivity contribution is 5.94. The first-order valence-electron chi connectivity index (χ1n) is 8.69. The molecule has 2 atom stereocenters. The molecular weight excluding hydrogens is 309 g/mol. The van der Waals surface area contributed by atoms with Crippen LogP contribution >= 0.6 is 0 Å². The molecule has 1 heterocycles. The highest BCUT2D eigenvalue weighted by atomic mass is 19.1. The van der Waals surface area contributed by atoms with Gasteiger partial charge in [0.2, 0.25) is 5.91 Å². The summed E-state index contributed by atoms with van der Waals surface area (Å²) in [6.45, 7) is 4.64. The minimum atomic E-state index is -0.497. The number of rotatable bonds is 3. The lowest BCUT2D eigenvalue weighted by Gasteiger charge is -2.37. The molecule has 1 aliphatic carbocycles. The molecular formula is C18H26FN3O2. The Balaban J connectivity index is 1.74. The number of hydrogen-bond acceptors (Lipinski definition) is 4. The van der Waals surface area contributed by atoms with E-state index in [-0.39, 0.29) is 17.6 Å². The van der Waals surface area contributed by atoms with Crippen molar-refractivity contribution in [1.29, 1.82) is 0 Å². The van der Waals surface area contributed by atoms with Gasteiger partial charge in [-0.3, -0.25) is 4.79 Å².